The van der Waals surface area contributed by atoms with Crippen LogP contribution in [0.25, 0.3) is 0 Å². The number of likely N-dealkylation sites (N-methyl/N-ethyl adjacent to an activating group) is 1. The molecule has 2 N–H and O–H groups in total. The minimum absolute atomic E-state index is 0.540. The Hall–Kier alpha value is -0.120. The summed E-state index contributed by atoms with van der Waals surface area (Å²) in [6, 6.07) is 1.21. The van der Waals surface area contributed by atoms with Gasteiger partial charge < -0.3 is 10.5 Å². The third-order valence-electron chi connectivity index (χ3n) is 4.12. The van der Waals surface area contributed by atoms with Gasteiger partial charge in [0, 0.05) is 31.8 Å². The first kappa shape index (κ1) is 13.9. The van der Waals surface area contributed by atoms with Crippen molar-refractivity contribution in [3.63, 3.8) is 0 Å². The Balaban J connectivity index is 2.55. The van der Waals surface area contributed by atoms with Crippen LogP contribution in [0.3, 0.4) is 0 Å². The first-order chi connectivity index (χ1) is 7.74. The lowest BCUT2D eigenvalue weighted by atomic mass is 9.91. The van der Waals surface area contributed by atoms with E-state index in [1.807, 2.05) is 0 Å². The van der Waals surface area contributed by atoms with Gasteiger partial charge in [0.05, 0.1) is 0 Å². The fourth-order valence-electron chi connectivity index (χ4n) is 2.89. The summed E-state index contributed by atoms with van der Waals surface area (Å²) >= 11 is 0. The van der Waals surface area contributed by atoms with Crippen LogP contribution in [0.2, 0.25) is 0 Å². The molecule has 0 aromatic heterocycles. The molecule has 1 aliphatic rings. The van der Waals surface area contributed by atoms with E-state index in [2.05, 4.69) is 25.8 Å². The molecule has 3 nitrogen and oxygen atoms in total. The Kier molecular flexibility index (Phi) is 6.32. The van der Waals surface area contributed by atoms with Crippen molar-refractivity contribution in [1.82, 2.24) is 4.90 Å². The second-order valence-electron chi connectivity index (χ2n) is 4.89. The topological polar surface area (TPSA) is 38.5 Å². The second-order valence-corrected chi connectivity index (χ2v) is 4.89. The highest BCUT2D eigenvalue weighted by atomic mass is 16.5. The van der Waals surface area contributed by atoms with E-state index in [0.717, 1.165) is 38.5 Å². The van der Waals surface area contributed by atoms with Crippen molar-refractivity contribution in [2.45, 2.75) is 51.6 Å². The maximum atomic E-state index is 5.96. The van der Waals surface area contributed by atoms with E-state index in [1.54, 1.807) is 0 Å². The van der Waals surface area contributed by atoms with Gasteiger partial charge in [0.15, 0.2) is 0 Å². The number of nitrogens with zero attached hydrogens (tertiary/aromatic N) is 1. The Morgan fingerprint density at radius 3 is 2.25 bits per heavy atom. The van der Waals surface area contributed by atoms with Gasteiger partial charge in [-0.3, -0.25) is 4.90 Å². The fraction of sp³-hybridized carbons (Fsp3) is 1.00. The molecule has 0 aromatic carbocycles. The molecule has 0 saturated carbocycles. The predicted molar refractivity (Wildman–Crippen MR) is 68.5 cm³/mol. The minimum atomic E-state index is 0.540. The van der Waals surface area contributed by atoms with Crippen molar-refractivity contribution in [2.24, 2.45) is 11.7 Å². The molecule has 96 valence electrons. The monoisotopic (exact) mass is 228 g/mol. The van der Waals surface area contributed by atoms with Crippen molar-refractivity contribution < 1.29 is 4.74 Å². The number of ether oxygens (including phenoxy) is 1. The molecule has 1 saturated heterocycles. The largest absolute Gasteiger partial charge is 0.381 e. The summed E-state index contributed by atoms with van der Waals surface area (Å²) in [7, 11) is 2.24. The highest BCUT2D eigenvalue weighted by Gasteiger charge is 2.27. The number of hydrogen-bond donors (Lipinski definition) is 1. The maximum Gasteiger partial charge on any atom is 0.0480 e. The van der Waals surface area contributed by atoms with E-state index in [0.29, 0.717) is 12.1 Å². The van der Waals surface area contributed by atoms with Gasteiger partial charge in [-0.15, -0.1) is 0 Å². The standard InChI is InChI=1S/C13H28N2O/c1-4-11(5-2)13(10-14)15(3)12-6-8-16-9-7-12/h11-13H,4-10,14H2,1-3H3. The zero-order chi connectivity index (χ0) is 12.0. The van der Waals surface area contributed by atoms with E-state index in [1.165, 1.54) is 12.8 Å². The van der Waals surface area contributed by atoms with Gasteiger partial charge in [-0.05, 0) is 25.8 Å². The van der Waals surface area contributed by atoms with Gasteiger partial charge >= 0.3 is 0 Å². The van der Waals surface area contributed by atoms with Crippen LogP contribution in [0.5, 0.6) is 0 Å². The van der Waals surface area contributed by atoms with E-state index >= 15 is 0 Å². The summed E-state index contributed by atoms with van der Waals surface area (Å²) in [5.41, 5.74) is 5.96. The molecule has 1 fully saturated rings. The van der Waals surface area contributed by atoms with Gasteiger partial charge in [-0.2, -0.15) is 0 Å². The van der Waals surface area contributed by atoms with Crippen molar-refractivity contribution >= 4 is 0 Å². The highest BCUT2D eigenvalue weighted by molar-refractivity contribution is 4.83. The number of hydrogen-bond acceptors (Lipinski definition) is 3. The van der Waals surface area contributed by atoms with Crippen LogP contribution in [0.15, 0.2) is 0 Å². The average Bonchev–Trinajstić information content (AvgIpc) is 2.36. The minimum Gasteiger partial charge on any atom is -0.381 e. The number of nitrogens with two attached hydrogens (primary N) is 1. The highest BCUT2D eigenvalue weighted by Crippen LogP contribution is 2.22. The van der Waals surface area contributed by atoms with E-state index in [-0.39, 0.29) is 0 Å². The number of rotatable bonds is 6. The van der Waals surface area contributed by atoms with Gasteiger partial charge in [-0.1, -0.05) is 26.7 Å². The lowest BCUT2D eigenvalue weighted by Gasteiger charge is -2.40. The molecule has 0 radical (unpaired) electrons. The van der Waals surface area contributed by atoms with Crippen LogP contribution in [-0.2, 0) is 4.74 Å². The Morgan fingerprint density at radius 2 is 1.81 bits per heavy atom. The predicted octanol–water partition coefficient (Wildman–Crippen LogP) is 1.86. The molecule has 1 aliphatic heterocycles. The summed E-state index contributed by atoms with van der Waals surface area (Å²) in [4.78, 5) is 2.51. The summed E-state index contributed by atoms with van der Waals surface area (Å²) in [6.45, 7) is 7.15. The molecular weight excluding hydrogens is 200 g/mol. The van der Waals surface area contributed by atoms with Crippen LogP contribution >= 0.6 is 0 Å². The molecule has 0 aromatic rings. The molecule has 1 rings (SSSR count). The van der Waals surface area contributed by atoms with Crippen LogP contribution in [0.4, 0.5) is 0 Å². The second kappa shape index (κ2) is 7.25. The van der Waals surface area contributed by atoms with Crippen molar-refractivity contribution in [1.29, 1.82) is 0 Å². The summed E-state index contributed by atoms with van der Waals surface area (Å²) in [5.74, 6) is 0.734. The summed E-state index contributed by atoms with van der Waals surface area (Å²) in [5, 5.41) is 0. The molecule has 3 heteroatoms. The molecule has 1 atom stereocenters. The maximum absolute atomic E-state index is 5.96. The molecule has 0 bridgehead atoms. The lowest BCUT2D eigenvalue weighted by Crippen LogP contribution is -2.49. The average molecular weight is 228 g/mol. The SMILES string of the molecule is CCC(CC)C(CN)N(C)C1CCOCC1. The molecule has 0 amide bonds. The van der Waals surface area contributed by atoms with Crippen molar-refractivity contribution in [3.8, 4) is 0 Å². The summed E-state index contributed by atoms with van der Waals surface area (Å²) in [6.07, 6.45) is 4.78. The van der Waals surface area contributed by atoms with Crippen LogP contribution in [0, 0.1) is 5.92 Å². The molecule has 16 heavy (non-hydrogen) atoms. The van der Waals surface area contributed by atoms with Gasteiger partial charge in [0.25, 0.3) is 0 Å². The zero-order valence-electron chi connectivity index (χ0n) is 11.1. The summed E-state index contributed by atoms with van der Waals surface area (Å²) < 4.78 is 5.42. The quantitative estimate of drug-likeness (QED) is 0.754. The Labute approximate surface area is 100 Å². The molecule has 1 unspecified atom stereocenters. The van der Waals surface area contributed by atoms with Crippen molar-refractivity contribution in [3.05, 3.63) is 0 Å². The van der Waals surface area contributed by atoms with Gasteiger partial charge in [0.2, 0.25) is 0 Å². The first-order valence-electron chi connectivity index (χ1n) is 6.74. The van der Waals surface area contributed by atoms with E-state index in [4.69, 9.17) is 10.5 Å². The van der Waals surface area contributed by atoms with Crippen LogP contribution in [0.1, 0.15) is 39.5 Å². The first-order valence-corrected chi connectivity index (χ1v) is 6.74. The third-order valence-corrected chi connectivity index (χ3v) is 4.12. The normalized spacial score (nSPS) is 20.6. The van der Waals surface area contributed by atoms with Crippen LogP contribution < -0.4 is 5.73 Å². The van der Waals surface area contributed by atoms with Gasteiger partial charge in [-0.25, -0.2) is 0 Å². The molecule has 0 aliphatic carbocycles. The van der Waals surface area contributed by atoms with Crippen molar-refractivity contribution in [2.75, 3.05) is 26.8 Å². The van der Waals surface area contributed by atoms with Crippen LogP contribution in [-0.4, -0.2) is 43.8 Å². The van der Waals surface area contributed by atoms with E-state index in [9.17, 15) is 0 Å². The Bertz CT molecular complexity index is 177. The zero-order valence-corrected chi connectivity index (χ0v) is 11.1. The molecule has 1 heterocycles. The van der Waals surface area contributed by atoms with E-state index < -0.39 is 0 Å². The molecule has 0 spiro atoms. The smallest absolute Gasteiger partial charge is 0.0480 e. The third kappa shape index (κ3) is 3.44. The molecular formula is C13H28N2O. The fourth-order valence-corrected chi connectivity index (χ4v) is 2.89. The Morgan fingerprint density at radius 1 is 1.25 bits per heavy atom. The van der Waals surface area contributed by atoms with Gasteiger partial charge in [0.1, 0.15) is 0 Å². The lowest BCUT2D eigenvalue weighted by molar-refractivity contribution is 0.0181.